The van der Waals surface area contributed by atoms with E-state index in [0.717, 1.165) is 52.3 Å². The summed E-state index contributed by atoms with van der Waals surface area (Å²) in [7, 11) is 0. The fourth-order valence-corrected chi connectivity index (χ4v) is 4.11. The summed E-state index contributed by atoms with van der Waals surface area (Å²) in [4.78, 5) is 5.10. The molecule has 0 amide bonds. The fourth-order valence-electron chi connectivity index (χ4n) is 4.11. The number of anilines is 1. The third-order valence-corrected chi connectivity index (χ3v) is 5.52. The number of rotatable bonds is 4. The zero-order valence-corrected chi connectivity index (χ0v) is 13.6. The van der Waals surface area contributed by atoms with Gasteiger partial charge in [-0.05, 0) is 30.5 Å². The van der Waals surface area contributed by atoms with Gasteiger partial charge < -0.3 is 15.0 Å². The third kappa shape index (κ3) is 2.75. The Morgan fingerprint density at radius 3 is 2.50 bits per heavy atom. The number of hydrogen-bond donors (Lipinski definition) is 1. The number of ether oxygens (including phenoxy) is 1. The van der Waals surface area contributed by atoms with Gasteiger partial charge in [-0.2, -0.15) is 0 Å². The van der Waals surface area contributed by atoms with E-state index < -0.39 is 0 Å². The van der Waals surface area contributed by atoms with Crippen molar-refractivity contribution in [1.29, 1.82) is 0 Å². The molecule has 0 aromatic heterocycles. The quantitative estimate of drug-likeness (QED) is 0.912. The summed E-state index contributed by atoms with van der Waals surface area (Å²) < 4.78 is 6.06. The minimum absolute atomic E-state index is 0.107. The smallest absolute Gasteiger partial charge is 0.0948 e. The number of fused-ring (bicyclic) bond motifs is 2. The van der Waals surface area contributed by atoms with Crippen molar-refractivity contribution < 1.29 is 4.74 Å². The van der Waals surface area contributed by atoms with Crippen molar-refractivity contribution >= 4 is 5.69 Å². The van der Waals surface area contributed by atoms with E-state index in [9.17, 15) is 0 Å². The lowest BCUT2D eigenvalue weighted by molar-refractivity contribution is -0.0306. The van der Waals surface area contributed by atoms with Crippen LogP contribution in [-0.2, 0) is 11.2 Å². The van der Waals surface area contributed by atoms with Crippen LogP contribution in [0.1, 0.15) is 18.9 Å². The topological polar surface area (TPSA) is 27.7 Å². The highest BCUT2D eigenvalue weighted by molar-refractivity contribution is 5.48. The second kappa shape index (κ2) is 5.84. The van der Waals surface area contributed by atoms with Crippen molar-refractivity contribution in [2.45, 2.75) is 31.4 Å². The zero-order chi connectivity index (χ0) is 15.0. The summed E-state index contributed by atoms with van der Waals surface area (Å²) in [6, 6.07) is 9.69. The number of hydrogen-bond acceptors (Lipinski definition) is 4. The largest absolute Gasteiger partial charge is 0.371 e. The number of morpholine rings is 1. The number of nitrogens with one attached hydrogen (secondary N) is 1. The SMILES string of the molecule is CCc1ccc(N2CCN(CC34CNC(CO3)C4)CC2)cc1. The Kier molecular flexibility index (Phi) is 3.84. The summed E-state index contributed by atoms with van der Waals surface area (Å²) in [5.74, 6) is 0. The predicted octanol–water partition coefficient (Wildman–Crippen LogP) is 1.50. The van der Waals surface area contributed by atoms with E-state index in [-0.39, 0.29) is 5.60 Å². The minimum atomic E-state index is 0.107. The zero-order valence-electron chi connectivity index (χ0n) is 13.6. The van der Waals surface area contributed by atoms with Crippen LogP contribution in [0.25, 0.3) is 0 Å². The van der Waals surface area contributed by atoms with Gasteiger partial charge in [0.25, 0.3) is 0 Å². The fraction of sp³-hybridized carbons (Fsp3) is 0.667. The summed E-state index contributed by atoms with van der Waals surface area (Å²) in [6.07, 6.45) is 2.32. The maximum atomic E-state index is 6.06. The average Bonchev–Trinajstić information content (AvgIpc) is 3.16. The van der Waals surface area contributed by atoms with Gasteiger partial charge in [0.2, 0.25) is 0 Å². The summed E-state index contributed by atoms with van der Waals surface area (Å²) in [6.45, 7) is 9.79. The Morgan fingerprint density at radius 2 is 1.95 bits per heavy atom. The molecule has 3 saturated heterocycles. The van der Waals surface area contributed by atoms with E-state index in [1.807, 2.05) is 0 Å². The van der Waals surface area contributed by atoms with E-state index in [1.54, 1.807) is 0 Å². The van der Waals surface area contributed by atoms with Crippen LogP contribution in [0.3, 0.4) is 0 Å². The highest BCUT2D eigenvalue weighted by Crippen LogP contribution is 2.32. The predicted molar refractivity (Wildman–Crippen MR) is 89.6 cm³/mol. The highest BCUT2D eigenvalue weighted by Gasteiger charge is 2.47. The summed E-state index contributed by atoms with van der Waals surface area (Å²) in [5.41, 5.74) is 2.90. The molecule has 4 heteroatoms. The van der Waals surface area contributed by atoms with Crippen LogP contribution in [0.15, 0.2) is 24.3 Å². The molecule has 3 fully saturated rings. The van der Waals surface area contributed by atoms with Crippen LogP contribution in [0.5, 0.6) is 0 Å². The lowest BCUT2D eigenvalue weighted by atomic mass is 10.0. The maximum absolute atomic E-state index is 6.06. The monoisotopic (exact) mass is 301 g/mol. The van der Waals surface area contributed by atoms with Crippen molar-refractivity contribution in [2.24, 2.45) is 0 Å². The molecule has 2 bridgehead atoms. The van der Waals surface area contributed by atoms with Crippen molar-refractivity contribution in [1.82, 2.24) is 10.2 Å². The molecule has 0 saturated carbocycles. The molecular formula is C18H27N3O. The Morgan fingerprint density at radius 1 is 1.18 bits per heavy atom. The lowest BCUT2D eigenvalue weighted by Crippen LogP contribution is -2.53. The molecule has 0 aliphatic carbocycles. The first kappa shape index (κ1) is 14.5. The number of benzene rings is 1. The summed E-state index contributed by atoms with van der Waals surface area (Å²) in [5, 5.41) is 3.57. The standard InChI is InChI=1S/C18H27N3O/c1-2-15-3-5-17(6-4-15)21-9-7-20(8-10-21)14-18-11-16(12-22-18)19-13-18/h3-6,16,19H,2,7-14H2,1H3. The summed E-state index contributed by atoms with van der Waals surface area (Å²) >= 11 is 0. The Labute approximate surface area is 133 Å². The second-order valence-corrected chi connectivity index (χ2v) is 7.06. The molecular weight excluding hydrogens is 274 g/mol. The Hall–Kier alpha value is -1.10. The van der Waals surface area contributed by atoms with Crippen LogP contribution in [0.4, 0.5) is 5.69 Å². The van der Waals surface area contributed by atoms with E-state index >= 15 is 0 Å². The van der Waals surface area contributed by atoms with Gasteiger partial charge in [-0.25, -0.2) is 0 Å². The minimum Gasteiger partial charge on any atom is -0.371 e. The highest BCUT2D eigenvalue weighted by atomic mass is 16.5. The molecule has 2 unspecified atom stereocenters. The van der Waals surface area contributed by atoms with Gasteiger partial charge in [-0.3, -0.25) is 4.90 Å². The van der Waals surface area contributed by atoms with Crippen LogP contribution in [0.2, 0.25) is 0 Å². The third-order valence-electron chi connectivity index (χ3n) is 5.52. The molecule has 0 radical (unpaired) electrons. The maximum Gasteiger partial charge on any atom is 0.0948 e. The first-order valence-corrected chi connectivity index (χ1v) is 8.70. The molecule has 3 aliphatic heterocycles. The Bertz CT molecular complexity index is 500. The van der Waals surface area contributed by atoms with Gasteiger partial charge in [0.1, 0.15) is 0 Å². The number of piperazine rings is 1. The number of nitrogens with zero attached hydrogens (tertiary/aromatic N) is 2. The van der Waals surface area contributed by atoms with Gasteiger partial charge in [0, 0.05) is 51.0 Å². The van der Waals surface area contributed by atoms with E-state index in [2.05, 4.69) is 46.3 Å². The molecule has 0 spiro atoms. The van der Waals surface area contributed by atoms with E-state index in [1.165, 1.54) is 17.7 Å². The Balaban J connectivity index is 1.32. The molecule has 1 aromatic rings. The lowest BCUT2D eigenvalue weighted by Gasteiger charge is -2.40. The molecule has 22 heavy (non-hydrogen) atoms. The van der Waals surface area contributed by atoms with Crippen molar-refractivity contribution in [3.05, 3.63) is 29.8 Å². The van der Waals surface area contributed by atoms with E-state index in [4.69, 9.17) is 4.74 Å². The van der Waals surface area contributed by atoms with E-state index in [0.29, 0.717) is 6.04 Å². The van der Waals surface area contributed by atoms with Gasteiger partial charge >= 0.3 is 0 Å². The number of aryl methyl sites for hydroxylation is 1. The van der Waals surface area contributed by atoms with Crippen LogP contribution < -0.4 is 10.2 Å². The van der Waals surface area contributed by atoms with Crippen molar-refractivity contribution in [3.8, 4) is 0 Å². The van der Waals surface area contributed by atoms with Crippen molar-refractivity contribution in [3.63, 3.8) is 0 Å². The van der Waals surface area contributed by atoms with Gasteiger partial charge in [0.05, 0.1) is 12.2 Å². The molecule has 2 atom stereocenters. The normalized spacial score (nSPS) is 31.9. The molecule has 1 N–H and O–H groups in total. The molecule has 3 heterocycles. The molecule has 4 nitrogen and oxygen atoms in total. The van der Waals surface area contributed by atoms with Gasteiger partial charge in [-0.1, -0.05) is 19.1 Å². The molecule has 1 aromatic carbocycles. The molecule has 120 valence electrons. The van der Waals surface area contributed by atoms with Crippen LogP contribution >= 0.6 is 0 Å². The van der Waals surface area contributed by atoms with Gasteiger partial charge in [0.15, 0.2) is 0 Å². The molecule has 4 rings (SSSR count). The first-order valence-electron chi connectivity index (χ1n) is 8.70. The van der Waals surface area contributed by atoms with Gasteiger partial charge in [-0.15, -0.1) is 0 Å². The van der Waals surface area contributed by atoms with Crippen molar-refractivity contribution in [2.75, 3.05) is 50.8 Å². The van der Waals surface area contributed by atoms with Crippen LogP contribution in [0, 0.1) is 0 Å². The second-order valence-electron chi connectivity index (χ2n) is 7.06. The molecule has 3 aliphatic rings. The average molecular weight is 301 g/mol. The first-order chi connectivity index (χ1) is 10.8. The van der Waals surface area contributed by atoms with Crippen LogP contribution in [-0.4, -0.2) is 62.4 Å².